The topological polar surface area (TPSA) is 71.1 Å². The van der Waals surface area contributed by atoms with Crippen LogP contribution in [0.2, 0.25) is 0 Å². The number of carbonyl (C=O) groups excluding carboxylic acids is 2. The lowest BCUT2D eigenvalue weighted by atomic mass is 10.0. The average molecular weight is 533 g/mol. The van der Waals surface area contributed by atoms with Crippen molar-refractivity contribution in [2.45, 2.75) is 65.4 Å². The molecule has 2 atom stereocenters. The second-order valence-corrected chi connectivity index (χ2v) is 9.73. The van der Waals surface area contributed by atoms with Crippen LogP contribution in [0.5, 0.6) is 17.2 Å². The van der Waals surface area contributed by atoms with Crippen LogP contribution in [0.15, 0.2) is 72.8 Å². The van der Waals surface area contributed by atoms with Crippen LogP contribution in [0.3, 0.4) is 0 Å². The zero-order valence-corrected chi connectivity index (χ0v) is 23.5. The molecule has 0 bridgehead atoms. The van der Waals surface area contributed by atoms with Crippen LogP contribution in [0.25, 0.3) is 11.1 Å². The number of esters is 2. The molecule has 0 aliphatic rings. The minimum absolute atomic E-state index is 0.253. The maximum atomic E-state index is 12.6. The van der Waals surface area contributed by atoms with E-state index in [9.17, 15) is 9.59 Å². The Balaban J connectivity index is 1.47. The zero-order chi connectivity index (χ0) is 28.0. The summed E-state index contributed by atoms with van der Waals surface area (Å²) in [6, 6.07) is 21.7. The van der Waals surface area contributed by atoms with Crippen LogP contribution >= 0.6 is 0 Å². The SMILES string of the molecule is CCCCCCCCOc1ccc(-c2ccc(C(=O)Oc3ccc(OC(=O)[C@H](C)[C@H](C)OC)cc3)cc2)cc1. The first-order valence-electron chi connectivity index (χ1n) is 13.8. The van der Waals surface area contributed by atoms with Gasteiger partial charge < -0.3 is 18.9 Å². The van der Waals surface area contributed by atoms with Gasteiger partial charge in [0, 0.05) is 7.11 Å². The van der Waals surface area contributed by atoms with E-state index in [-0.39, 0.29) is 12.1 Å². The Hall–Kier alpha value is -3.64. The highest BCUT2D eigenvalue weighted by Gasteiger charge is 2.22. The molecule has 0 fully saturated rings. The summed E-state index contributed by atoms with van der Waals surface area (Å²) < 4.78 is 21.9. The third-order valence-electron chi connectivity index (χ3n) is 6.78. The molecule has 3 aromatic rings. The predicted molar refractivity (Wildman–Crippen MR) is 153 cm³/mol. The largest absolute Gasteiger partial charge is 0.494 e. The molecule has 0 unspecified atom stereocenters. The van der Waals surface area contributed by atoms with E-state index in [4.69, 9.17) is 18.9 Å². The third-order valence-corrected chi connectivity index (χ3v) is 6.78. The van der Waals surface area contributed by atoms with Crippen LogP contribution in [0, 0.1) is 5.92 Å². The lowest BCUT2D eigenvalue weighted by Gasteiger charge is -2.16. The molecular weight excluding hydrogens is 492 g/mol. The molecule has 6 nitrogen and oxygen atoms in total. The smallest absolute Gasteiger partial charge is 0.343 e. The van der Waals surface area contributed by atoms with Gasteiger partial charge in [0.1, 0.15) is 17.2 Å². The standard InChI is InChI=1S/C33H40O6/c1-5-6-7-8-9-10-23-37-29-17-15-27(16-18-29)26-11-13-28(14-12-26)33(35)39-31-21-19-30(20-22-31)38-32(34)24(2)25(3)36-4/h11-22,24-25H,5-10,23H2,1-4H3/t24-,25+/m1/s1. The summed E-state index contributed by atoms with van der Waals surface area (Å²) in [4.78, 5) is 24.8. The van der Waals surface area contributed by atoms with E-state index < -0.39 is 11.9 Å². The molecule has 0 N–H and O–H groups in total. The van der Waals surface area contributed by atoms with Crippen molar-refractivity contribution < 1.29 is 28.5 Å². The summed E-state index contributed by atoms with van der Waals surface area (Å²) in [5, 5.41) is 0. The van der Waals surface area contributed by atoms with E-state index >= 15 is 0 Å². The molecule has 0 aliphatic carbocycles. The molecule has 0 spiro atoms. The average Bonchev–Trinajstić information content (AvgIpc) is 2.97. The fourth-order valence-corrected chi connectivity index (χ4v) is 3.96. The first kappa shape index (κ1) is 29.9. The molecule has 0 amide bonds. The van der Waals surface area contributed by atoms with Crippen molar-refractivity contribution in [2.75, 3.05) is 13.7 Å². The van der Waals surface area contributed by atoms with Gasteiger partial charge in [0.15, 0.2) is 0 Å². The zero-order valence-electron chi connectivity index (χ0n) is 23.5. The minimum atomic E-state index is -0.465. The second kappa shape index (κ2) is 15.7. The molecule has 0 radical (unpaired) electrons. The van der Waals surface area contributed by atoms with E-state index in [1.807, 2.05) is 43.3 Å². The van der Waals surface area contributed by atoms with Crippen LogP contribution in [-0.2, 0) is 9.53 Å². The third kappa shape index (κ3) is 9.56. The van der Waals surface area contributed by atoms with Gasteiger partial charge in [0.25, 0.3) is 0 Å². The summed E-state index contributed by atoms with van der Waals surface area (Å²) in [5.41, 5.74) is 2.48. The van der Waals surface area contributed by atoms with Crippen molar-refractivity contribution in [1.29, 1.82) is 0 Å². The summed E-state index contributed by atoms with van der Waals surface area (Å²) in [6.07, 6.45) is 7.20. The number of benzene rings is 3. The van der Waals surface area contributed by atoms with Crippen LogP contribution in [-0.4, -0.2) is 31.8 Å². The van der Waals surface area contributed by atoms with Gasteiger partial charge in [-0.1, -0.05) is 63.3 Å². The van der Waals surface area contributed by atoms with Gasteiger partial charge in [-0.2, -0.15) is 0 Å². The fourth-order valence-electron chi connectivity index (χ4n) is 3.96. The Morgan fingerprint density at radius 1 is 0.667 bits per heavy atom. The van der Waals surface area contributed by atoms with E-state index in [0.29, 0.717) is 17.1 Å². The molecule has 6 heteroatoms. The van der Waals surface area contributed by atoms with Crippen molar-refractivity contribution in [3.63, 3.8) is 0 Å². The van der Waals surface area contributed by atoms with Crippen molar-refractivity contribution >= 4 is 11.9 Å². The van der Waals surface area contributed by atoms with Gasteiger partial charge in [0.05, 0.1) is 24.2 Å². The predicted octanol–water partition coefficient (Wildman–Crippen LogP) is 7.89. The summed E-state index contributed by atoms with van der Waals surface area (Å²) in [6.45, 7) is 6.53. The number of carbonyl (C=O) groups is 2. The lowest BCUT2D eigenvalue weighted by Crippen LogP contribution is -2.28. The van der Waals surface area contributed by atoms with Gasteiger partial charge in [-0.05, 0) is 79.9 Å². The van der Waals surface area contributed by atoms with E-state index in [2.05, 4.69) is 6.92 Å². The van der Waals surface area contributed by atoms with Gasteiger partial charge in [-0.15, -0.1) is 0 Å². The number of hydrogen-bond acceptors (Lipinski definition) is 6. The van der Waals surface area contributed by atoms with Crippen molar-refractivity contribution in [1.82, 2.24) is 0 Å². The molecule has 3 rings (SSSR count). The van der Waals surface area contributed by atoms with Gasteiger partial charge in [-0.25, -0.2) is 4.79 Å². The Morgan fingerprint density at radius 3 is 1.77 bits per heavy atom. The molecular formula is C33H40O6. The Kier molecular flexibility index (Phi) is 12.0. The van der Waals surface area contributed by atoms with E-state index in [0.717, 1.165) is 29.9 Å². The first-order chi connectivity index (χ1) is 18.9. The molecule has 39 heavy (non-hydrogen) atoms. The number of ether oxygens (including phenoxy) is 4. The maximum absolute atomic E-state index is 12.6. The highest BCUT2D eigenvalue weighted by atomic mass is 16.5. The quantitative estimate of drug-likeness (QED) is 0.113. The Bertz CT molecular complexity index is 1150. The van der Waals surface area contributed by atoms with Gasteiger partial charge in [-0.3, -0.25) is 4.79 Å². The number of rotatable bonds is 15. The molecule has 0 saturated carbocycles. The highest BCUT2D eigenvalue weighted by Crippen LogP contribution is 2.24. The van der Waals surface area contributed by atoms with Crippen LogP contribution in [0.4, 0.5) is 0 Å². The molecule has 0 heterocycles. The number of methoxy groups -OCH3 is 1. The monoisotopic (exact) mass is 532 g/mol. The van der Waals surface area contributed by atoms with Crippen molar-refractivity contribution in [2.24, 2.45) is 5.92 Å². The molecule has 0 saturated heterocycles. The Morgan fingerprint density at radius 2 is 1.18 bits per heavy atom. The fraction of sp³-hybridized carbons (Fsp3) is 0.394. The van der Waals surface area contributed by atoms with E-state index in [1.165, 1.54) is 32.1 Å². The van der Waals surface area contributed by atoms with Gasteiger partial charge in [0.2, 0.25) is 0 Å². The Labute approximate surface area is 232 Å². The maximum Gasteiger partial charge on any atom is 0.343 e. The number of unbranched alkanes of at least 4 members (excludes halogenated alkanes) is 5. The normalized spacial score (nSPS) is 12.4. The second-order valence-electron chi connectivity index (χ2n) is 9.73. The van der Waals surface area contributed by atoms with Gasteiger partial charge >= 0.3 is 11.9 Å². The summed E-state index contributed by atoms with van der Waals surface area (Å²) in [5.74, 6) is 0.345. The van der Waals surface area contributed by atoms with Crippen LogP contribution in [0.1, 0.15) is 69.7 Å². The molecule has 0 aliphatic heterocycles. The minimum Gasteiger partial charge on any atom is -0.494 e. The number of hydrogen-bond donors (Lipinski definition) is 0. The molecule has 3 aromatic carbocycles. The molecule has 208 valence electrons. The van der Waals surface area contributed by atoms with Crippen molar-refractivity contribution in [3.05, 3.63) is 78.4 Å². The molecule has 0 aromatic heterocycles. The summed E-state index contributed by atoms with van der Waals surface area (Å²) >= 11 is 0. The summed E-state index contributed by atoms with van der Waals surface area (Å²) in [7, 11) is 1.55. The highest BCUT2D eigenvalue weighted by molar-refractivity contribution is 5.91. The first-order valence-corrected chi connectivity index (χ1v) is 13.8. The lowest BCUT2D eigenvalue weighted by molar-refractivity contribution is -0.142. The van der Waals surface area contributed by atoms with E-state index in [1.54, 1.807) is 50.4 Å². The van der Waals surface area contributed by atoms with Crippen molar-refractivity contribution in [3.8, 4) is 28.4 Å². The van der Waals surface area contributed by atoms with Crippen LogP contribution < -0.4 is 14.2 Å².